The Kier molecular flexibility index (Phi) is 5.30. The number of rotatable bonds is 5. The van der Waals surface area contributed by atoms with Gasteiger partial charge in [0.1, 0.15) is 5.82 Å². The summed E-state index contributed by atoms with van der Waals surface area (Å²) in [6, 6.07) is 3.35. The summed E-state index contributed by atoms with van der Waals surface area (Å²) in [6.45, 7) is 8.42. The second kappa shape index (κ2) is 6.52. The van der Waals surface area contributed by atoms with Crippen LogP contribution in [0.4, 0.5) is 5.82 Å². The fourth-order valence-corrected chi connectivity index (χ4v) is 1.34. The Morgan fingerprint density at radius 1 is 1.47 bits per heavy atom. The van der Waals surface area contributed by atoms with E-state index < -0.39 is 6.10 Å². The summed E-state index contributed by atoms with van der Waals surface area (Å²) in [5.41, 5.74) is 0.237. The summed E-state index contributed by atoms with van der Waals surface area (Å²) in [5.74, 6) is 0.243. The summed E-state index contributed by atoms with van der Waals surface area (Å²) >= 11 is 0. The van der Waals surface area contributed by atoms with Gasteiger partial charge < -0.3 is 15.2 Å². The number of carbonyl (C=O) groups is 1. The van der Waals surface area contributed by atoms with E-state index in [1.807, 2.05) is 20.8 Å². The van der Waals surface area contributed by atoms with Crippen LogP contribution in [0.15, 0.2) is 18.3 Å². The highest BCUT2D eigenvalue weighted by Crippen LogP contribution is 2.19. The van der Waals surface area contributed by atoms with Crippen LogP contribution in [0.2, 0.25) is 0 Å². The molecule has 0 aliphatic rings. The molecular formula is C14H22N2O3. The number of carbonyl (C=O) groups excluding carboxylic acids is 1. The van der Waals surface area contributed by atoms with Crippen molar-refractivity contribution < 1.29 is 14.6 Å². The van der Waals surface area contributed by atoms with Crippen molar-refractivity contribution in [2.75, 3.05) is 18.5 Å². The van der Waals surface area contributed by atoms with Crippen molar-refractivity contribution >= 4 is 11.8 Å². The van der Waals surface area contributed by atoms with Crippen molar-refractivity contribution in [1.29, 1.82) is 0 Å². The molecule has 0 saturated heterocycles. The van der Waals surface area contributed by atoms with Crippen molar-refractivity contribution in [2.24, 2.45) is 5.41 Å². The molecule has 0 amide bonds. The van der Waals surface area contributed by atoms with Gasteiger partial charge in [-0.05, 0) is 24.5 Å². The van der Waals surface area contributed by atoms with Crippen molar-refractivity contribution in [1.82, 2.24) is 4.98 Å². The summed E-state index contributed by atoms with van der Waals surface area (Å²) < 4.78 is 4.87. The first-order chi connectivity index (χ1) is 8.84. The van der Waals surface area contributed by atoms with Gasteiger partial charge in [-0.25, -0.2) is 9.78 Å². The van der Waals surface area contributed by atoms with Gasteiger partial charge in [0.05, 0.1) is 18.3 Å². The van der Waals surface area contributed by atoms with E-state index in [2.05, 4.69) is 10.3 Å². The molecule has 0 bridgehead atoms. The molecule has 19 heavy (non-hydrogen) atoms. The molecule has 5 heteroatoms. The second-order valence-corrected chi connectivity index (χ2v) is 5.42. The van der Waals surface area contributed by atoms with Crippen LogP contribution in [0, 0.1) is 5.41 Å². The molecule has 5 nitrogen and oxygen atoms in total. The van der Waals surface area contributed by atoms with Crippen LogP contribution < -0.4 is 5.32 Å². The van der Waals surface area contributed by atoms with Gasteiger partial charge in [-0.1, -0.05) is 20.8 Å². The predicted molar refractivity (Wildman–Crippen MR) is 74.1 cm³/mol. The highest BCUT2D eigenvalue weighted by atomic mass is 16.5. The molecule has 1 aromatic rings. The first-order valence-electron chi connectivity index (χ1n) is 6.39. The monoisotopic (exact) mass is 266 g/mol. The van der Waals surface area contributed by atoms with Gasteiger partial charge >= 0.3 is 5.97 Å². The quantitative estimate of drug-likeness (QED) is 0.798. The molecule has 1 aromatic heterocycles. The molecule has 0 aliphatic heterocycles. The standard InChI is InChI=1S/C14H22N2O3/c1-5-19-13(18)10-6-7-12(15-8-10)16-9-11(17)14(2,3)4/h6-8,11,17H,5,9H2,1-4H3,(H,15,16)/t11-/m1/s1. The lowest BCUT2D eigenvalue weighted by Gasteiger charge is -2.26. The smallest absolute Gasteiger partial charge is 0.339 e. The Hall–Kier alpha value is -1.62. The molecule has 0 aromatic carbocycles. The number of esters is 1. The lowest BCUT2D eigenvalue weighted by molar-refractivity contribution is 0.0526. The SMILES string of the molecule is CCOC(=O)c1ccc(NC[C@@H](O)C(C)(C)C)nc1. The minimum absolute atomic E-state index is 0.183. The zero-order chi connectivity index (χ0) is 14.5. The first-order valence-corrected chi connectivity index (χ1v) is 6.39. The maximum Gasteiger partial charge on any atom is 0.339 e. The molecule has 0 radical (unpaired) electrons. The van der Waals surface area contributed by atoms with Crippen molar-refractivity contribution in [3.05, 3.63) is 23.9 Å². The molecule has 0 aliphatic carbocycles. The van der Waals surface area contributed by atoms with Gasteiger partial charge in [-0.2, -0.15) is 0 Å². The fourth-order valence-electron chi connectivity index (χ4n) is 1.34. The molecule has 1 rings (SSSR count). The molecule has 0 unspecified atom stereocenters. The van der Waals surface area contributed by atoms with E-state index in [-0.39, 0.29) is 11.4 Å². The lowest BCUT2D eigenvalue weighted by Crippen LogP contribution is -2.33. The maximum absolute atomic E-state index is 11.4. The van der Waals surface area contributed by atoms with Crippen molar-refractivity contribution in [2.45, 2.75) is 33.8 Å². The van der Waals surface area contributed by atoms with Gasteiger partial charge in [0.15, 0.2) is 0 Å². The van der Waals surface area contributed by atoms with E-state index in [4.69, 9.17) is 4.74 Å². The summed E-state index contributed by atoms with van der Waals surface area (Å²) in [7, 11) is 0. The Morgan fingerprint density at radius 3 is 2.63 bits per heavy atom. The minimum Gasteiger partial charge on any atom is -0.462 e. The number of ether oxygens (including phenoxy) is 1. The number of aromatic nitrogens is 1. The van der Waals surface area contributed by atoms with E-state index in [1.165, 1.54) is 6.20 Å². The Labute approximate surface area is 114 Å². The number of anilines is 1. The molecule has 2 N–H and O–H groups in total. The Balaban J connectivity index is 2.56. The average molecular weight is 266 g/mol. The molecule has 0 saturated carbocycles. The third kappa shape index (κ3) is 4.87. The zero-order valence-electron chi connectivity index (χ0n) is 11.9. The normalized spacial score (nSPS) is 12.9. The van der Waals surface area contributed by atoms with Crippen LogP contribution in [0.25, 0.3) is 0 Å². The molecule has 0 fully saturated rings. The number of hydrogen-bond donors (Lipinski definition) is 2. The molecule has 1 atom stereocenters. The summed E-state index contributed by atoms with van der Waals surface area (Å²) in [6.07, 6.45) is 0.989. The fraction of sp³-hybridized carbons (Fsp3) is 0.571. The summed E-state index contributed by atoms with van der Waals surface area (Å²) in [5, 5.41) is 12.9. The third-order valence-electron chi connectivity index (χ3n) is 2.75. The number of nitrogens with one attached hydrogen (secondary N) is 1. The highest BCUT2D eigenvalue weighted by molar-refractivity contribution is 5.89. The van der Waals surface area contributed by atoms with Crippen LogP contribution in [-0.4, -0.2) is 35.3 Å². The minimum atomic E-state index is -0.473. The van der Waals surface area contributed by atoms with Crippen LogP contribution in [0.5, 0.6) is 0 Å². The molecule has 106 valence electrons. The van der Waals surface area contributed by atoms with E-state index in [1.54, 1.807) is 19.1 Å². The second-order valence-electron chi connectivity index (χ2n) is 5.42. The van der Waals surface area contributed by atoms with Gasteiger partial charge in [-0.15, -0.1) is 0 Å². The number of aliphatic hydroxyl groups excluding tert-OH is 1. The van der Waals surface area contributed by atoms with Crippen LogP contribution in [-0.2, 0) is 4.74 Å². The van der Waals surface area contributed by atoms with Gasteiger partial charge in [0.25, 0.3) is 0 Å². The first kappa shape index (κ1) is 15.4. The lowest BCUT2D eigenvalue weighted by atomic mass is 9.89. The summed E-state index contributed by atoms with van der Waals surface area (Å²) in [4.78, 5) is 15.5. The number of hydrogen-bond acceptors (Lipinski definition) is 5. The van der Waals surface area contributed by atoms with Gasteiger partial charge in [0.2, 0.25) is 0 Å². The largest absolute Gasteiger partial charge is 0.462 e. The number of aliphatic hydroxyl groups is 1. The van der Waals surface area contributed by atoms with Crippen molar-refractivity contribution in [3.8, 4) is 0 Å². The van der Waals surface area contributed by atoms with E-state index >= 15 is 0 Å². The third-order valence-corrected chi connectivity index (χ3v) is 2.75. The number of pyridine rings is 1. The van der Waals surface area contributed by atoms with Gasteiger partial charge in [0, 0.05) is 12.7 Å². The molecular weight excluding hydrogens is 244 g/mol. The van der Waals surface area contributed by atoms with Crippen molar-refractivity contribution in [3.63, 3.8) is 0 Å². The van der Waals surface area contributed by atoms with E-state index in [9.17, 15) is 9.90 Å². The molecule has 1 heterocycles. The topological polar surface area (TPSA) is 71.5 Å². The predicted octanol–water partition coefficient (Wildman–Crippen LogP) is 2.08. The van der Waals surface area contributed by atoms with Crippen LogP contribution in [0.3, 0.4) is 0 Å². The Bertz CT molecular complexity index is 410. The Morgan fingerprint density at radius 2 is 2.16 bits per heavy atom. The number of nitrogens with zero attached hydrogens (tertiary/aromatic N) is 1. The zero-order valence-corrected chi connectivity index (χ0v) is 11.9. The van der Waals surface area contributed by atoms with Crippen LogP contribution >= 0.6 is 0 Å². The average Bonchev–Trinajstić information content (AvgIpc) is 2.35. The highest BCUT2D eigenvalue weighted by Gasteiger charge is 2.21. The maximum atomic E-state index is 11.4. The molecule has 0 spiro atoms. The van der Waals surface area contributed by atoms with E-state index in [0.717, 1.165) is 0 Å². The van der Waals surface area contributed by atoms with Gasteiger partial charge in [-0.3, -0.25) is 0 Å². The van der Waals surface area contributed by atoms with Crippen LogP contribution in [0.1, 0.15) is 38.1 Å². The van der Waals surface area contributed by atoms with E-state index in [0.29, 0.717) is 24.5 Å².